The number of hydrogen-bond acceptors (Lipinski definition) is 3. The number of unbranched alkanes of at least 4 members (excludes halogenated alkanes) is 1. The molecule has 6 heteroatoms. The molecular weight excluding hydrogens is 387 g/mol. The van der Waals surface area contributed by atoms with Crippen LogP contribution in [0.25, 0.3) is 6.08 Å². The van der Waals surface area contributed by atoms with Gasteiger partial charge in [0.25, 0.3) is 0 Å². The predicted octanol–water partition coefficient (Wildman–Crippen LogP) is 4.92. The van der Waals surface area contributed by atoms with E-state index in [1.54, 1.807) is 36.4 Å². The highest BCUT2D eigenvalue weighted by Crippen LogP contribution is 2.19. The molecule has 2 aromatic rings. The number of carbonyl (C=O) groups excluding carboxylic acids is 1. The summed E-state index contributed by atoms with van der Waals surface area (Å²) < 4.78 is 19.9. The van der Waals surface area contributed by atoms with Crippen molar-refractivity contribution in [1.82, 2.24) is 0 Å². The Labute approximate surface area is 154 Å². The summed E-state index contributed by atoms with van der Waals surface area (Å²) >= 11 is 3.26. The SMILES string of the molecule is N#CCCCOc1cccc(NC(=O)/C=C/c2cc(Br)ccc2F)c1. The van der Waals surface area contributed by atoms with Crippen LogP contribution in [0.4, 0.5) is 10.1 Å². The molecule has 1 N–H and O–H groups in total. The molecule has 4 nitrogen and oxygen atoms in total. The average molecular weight is 403 g/mol. The molecule has 1 amide bonds. The first-order valence-corrected chi connectivity index (χ1v) is 8.42. The highest BCUT2D eigenvalue weighted by Gasteiger charge is 2.03. The van der Waals surface area contributed by atoms with Crippen molar-refractivity contribution >= 4 is 33.6 Å². The summed E-state index contributed by atoms with van der Waals surface area (Å²) in [6.07, 6.45) is 3.77. The van der Waals surface area contributed by atoms with Crippen LogP contribution in [-0.4, -0.2) is 12.5 Å². The van der Waals surface area contributed by atoms with Gasteiger partial charge in [-0.2, -0.15) is 5.26 Å². The zero-order chi connectivity index (χ0) is 18.1. The van der Waals surface area contributed by atoms with E-state index < -0.39 is 5.82 Å². The molecule has 0 saturated carbocycles. The number of hydrogen-bond donors (Lipinski definition) is 1. The van der Waals surface area contributed by atoms with Crippen molar-refractivity contribution in [3.05, 3.63) is 64.4 Å². The first-order chi connectivity index (χ1) is 12.1. The maximum Gasteiger partial charge on any atom is 0.248 e. The van der Waals surface area contributed by atoms with Gasteiger partial charge in [0, 0.05) is 34.3 Å². The molecule has 128 valence electrons. The largest absolute Gasteiger partial charge is 0.493 e. The number of carbonyl (C=O) groups is 1. The summed E-state index contributed by atoms with van der Waals surface area (Å²) in [5.74, 6) is -0.168. The highest BCUT2D eigenvalue weighted by atomic mass is 79.9. The Morgan fingerprint density at radius 1 is 1.32 bits per heavy atom. The van der Waals surface area contributed by atoms with Gasteiger partial charge in [-0.25, -0.2) is 4.39 Å². The lowest BCUT2D eigenvalue weighted by atomic mass is 10.2. The van der Waals surface area contributed by atoms with Crippen molar-refractivity contribution in [3.8, 4) is 11.8 Å². The Morgan fingerprint density at radius 2 is 2.16 bits per heavy atom. The number of benzene rings is 2. The fourth-order valence-corrected chi connectivity index (χ4v) is 2.38. The molecular formula is C19H16BrFN2O2. The number of amides is 1. The summed E-state index contributed by atoms with van der Waals surface area (Å²) in [5, 5.41) is 11.2. The number of halogens is 2. The summed E-state index contributed by atoms with van der Waals surface area (Å²) in [6, 6.07) is 13.5. The minimum Gasteiger partial charge on any atom is -0.493 e. The molecule has 0 unspecified atom stereocenters. The second kappa shape index (κ2) is 9.60. The Hall–Kier alpha value is -2.65. The first-order valence-electron chi connectivity index (χ1n) is 7.62. The van der Waals surface area contributed by atoms with Crippen molar-refractivity contribution < 1.29 is 13.9 Å². The minimum absolute atomic E-state index is 0.319. The van der Waals surface area contributed by atoms with E-state index in [1.807, 2.05) is 0 Å². The second-order valence-corrected chi connectivity index (χ2v) is 6.04. The highest BCUT2D eigenvalue weighted by molar-refractivity contribution is 9.10. The van der Waals surface area contributed by atoms with Crippen molar-refractivity contribution in [2.75, 3.05) is 11.9 Å². The standard InChI is InChI=1S/C19H16BrFN2O2/c20-15-7-8-18(21)14(12-15)6-9-19(24)23-16-4-3-5-17(13-16)25-11-2-1-10-22/h3-9,12-13H,1-2,11H2,(H,23,24)/b9-6+. The van der Waals surface area contributed by atoms with E-state index in [1.165, 1.54) is 18.2 Å². The van der Waals surface area contributed by atoms with Gasteiger partial charge in [0.05, 0.1) is 12.7 Å². The van der Waals surface area contributed by atoms with Gasteiger partial charge in [-0.3, -0.25) is 4.79 Å². The van der Waals surface area contributed by atoms with E-state index in [0.717, 1.165) is 4.47 Å². The van der Waals surface area contributed by atoms with E-state index in [4.69, 9.17) is 10.00 Å². The van der Waals surface area contributed by atoms with E-state index in [2.05, 4.69) is 27.3 Å². The van der Waals surface area contributed by atoms with Crippen molar-refractivity contribution in [2.24, 2.45) is 0 Å². The first kappa shape index (κ1) is 18.7. The Bertz CT molecular complexity index is 815. The third kappa shape index (κ3) is 6.40. The van der Waals surface area contributed by atoms with E-state index >= 15 is 0 Å². The molecule has 0 spiro atoms. The topological polar surface area (TPSA) is 62.1 Å². The zero-order valence-corrected chi connectivity index (χ0v) is 14.9. The molecule has 0 bridgehead atoms. The number of nitrogens with one attached hydrogen (secondary N) is 1. The van der Waals surface area contributed by atoms with Crippen LogP contribution in [-0.2, 0) is 4.79 Å². The molecule has 0 aliphatic rings. The lowest BCUT2D eigenvalue weighted by molar-refractivity contribution is -0.111. The van der Waals surface area contributed by atoms with Crippen LogP contribution in [0, 0.1) is 17.1 Å². The Kier molecular flexibility index (Phi) is 7.17. The number of nitriles is 1. The van der Waals surface area contributed by atoms with Crippen molar-refractivity contribution in [1.29, 1.82) is 5.26 Å². The van der Waals surface area contributed by atoms with Crippen molar-refractivity contribution in [2.45, 2.75) is 12.8 Å². The van der Waals surface area contributed by atoms with E-state index in [9.17, 15) is 9.18 Å². The molecule has 0 aliphatic heterocycles. The third-order valence-corrected chi connectivity index (χ3v) is 3.67. The quantitative estimate of drug-likeness (QED) is 0.527. The predicted molar refractivity (Wildman–Crippen MR) is 98.5 cm³/mol. The zero-order valence-electron chi connectivity index (χ0n) is 13.3. The van der Waals surface area contributed by atoms with Crippen LogP contribution >= 0.6 is 15.9 Å². The van der Waals surface area contributed by atoms with Crippen LogP contribution in [0.15, 0.2) is 53.0 Å². The van der Waals surface area contributed by atoms with Gasteiger partial charge < -0.3 is 10.1 Å². The fourth-order valence-electron chi connectivity index (χ4n) is 2.00. The monoisotopic (exact) mass is 402 g/mol. The number of nitrogens with zero attached hydrogens (tertiary/aromatic N) is 1. The van der Waals surface area contributed by atoms with E-state index in [0.29, 0.717) is 36.4 Å². The minimum atomic E-state index is -0.403. The maximum absolute atomic E-state index is 13.6. The maximum atomic E-state index is 13.6. The van der Waals surface area contributed by atoms with Crippen molar-refractivity contribution in [3.63, 3.8) is 0 Å². The molecule has 2 aromatic carbocycles. The Morgan fingerprint density at radius 3 is 2.96 bits per heavy atom. The summed E-state index contributed by atoms with van der Waals surface area (Å²) in [5.41, 5.74) is 0.890. The van der Waals surface area contributed by atoms with Crippen LogP contribution < -0.4 is 10.1 Å². The smallest absolute Gasteiger partial charge is 0.248 e. The van der Waals surface area contributed by atoms with Gasteiger partial charge in [0.15, 0.2) is 0 Å². The lowest BCUT2D eigenvalue weighted by Gasteiger charge is -2.07. The molecule has 0 saturated heterocycles. The van der Waals surface area contributed by atoms with Gasteiger partial charge >= 0.3 is 0 Å². The summed E-state index contributed by atoms with van der Waals surface area (Å²) in [6.45, 7) is 0.438. The van der Waals surface area contributed by atoms with Crippen LogP contribution in [0.5, 0.6) is 5.75 Å². The summed E-state index contributed by atoms with van der Waals surface area (Å²) in [7, 11) is 0. The molecule has 0 fully saturated rings. The Balaban J connectivity index is 1.95. The van der Waals surface area contributed by atoms with Gasteiger partial charge in [0.2, 0.25) is 5.91 Å². The normalized spacial score (nSPS) is 10.4. The molecule has 0 atom stereocenters. The lowest BCUT2D eigenvalue weighted by Crippen LogP contribution is -2.08. The van der Waals surface area contributed by atoms with Gasteiger partial charge in [0.1, 0.15) is 11.6 Å². The van der Waals surface area contributed by atoms with Crippen LogP contribution in [0.1, 0.15) is 18.4 Å². The average Bonchev–Trinajstić information content (AvgIpc) is 2.60. The molecule has 0 radical (unpaired) electrons. The van der Waals surface area contributed by atoms with Crippen LogP contribution in [0.2, 0.25) is 0 Å². The van der Waals surface area contributed by atoms with Gasteiger partial charge in [-0.05, 0) is 42.8 Å². The van der Waals surface area contributed by atoms with Gasteiger partial charge in [-0.1, -0.05) is 22.0 Å². The molecule has 0 aliphatic carbocycles. The molecule has 2 rings (SSSR count). The summed E-state index contributed by atoms with van der Waals surface area (Å²) in [4.78, 5) is 12.0. The molecule has 0 heterocycles. The second-order valence-electron chi connectivity index (χ2n) is 5.13. The number of rotatable bonds is 7. The fraction of sp³-hybridized carbons (Fsp3) is 0.158. The number of anilines is 1. The third-order valence-electron chi connectivity index (χ3n) is 3.18. The van der Waals surface area contributed by atoms with Gasteiger partial charge in [-0.15, -0.1) is 0 Å². The van der Waals surface area contributed by atoms with Crippen LogP contribution in [0.3, 0.4) is 0 Å². The molecule has 25 heavy (non-hydrogen) atoms. The van der Waals surface area contributed by atoms with E-state index in [-0.39, 0.29) is 5.91 Å². The number of ether oxygens (including phenoxy) is 1. The molecule has 0 aromatic heterocycles.